The molecule has 1 atom stereocenters. The lowest BCUT2D eigenvalue weighted by molar-refractivity contribution is 0.193. The molecular formula is C11H24N2O2S. The first kappa shape index (κ1) is 13.9. The van der Waals surface area contributed by atoms with Crippen LogP contribution in [0.15, 0.2) is 0 Å². The highest BCUT2D eigenvalue weighted by Gasteiger charge is 2.21. The Kier molecular flexibility index (Phi) is 5.21. The molecule has 1 unspecified atom stereocenters. The van der Waals surface area contributed by atoms with Crippen LogP contribution in [0.3, 0.4) is 0 Å². The first-order valence-electron chi connectivity index (χ1n) is 6.06. The van der Waals surface area contributed by atoms with E-state index in [4.69, 9.17) is 0 Å². The Bertz CT molecular complexity index is 301. The van der Waals surface area contributed by atoms with Gasteiger partial charge < -0.3 is 4.90 Å². The molecule has 0 radical (unpaired) electrons. The van der Waals surface area contributed by atoms with Gasteiger partial charge in [-0.05, 0) is 38.3 Å². The lowest BCUT2D eigenvalue weighted by Crippen LogP contribution is -2.47. The number of likely N-dealkylation sites (tertiary alicyclic amines) is 1. The smallest absolute Gasteiger partial charge is 0.208 e. The van der Waals surface area contributed by atoms with Crippen LogP contribution in [0.25, 0.3) is 0 Å². The predicted octanol–water partition coefficient (Wildman–Crippen LogP) is 1.05. The quantitative estimate of drug-likeness (QED) is 0.791. The maximum atomic E-state index is 11.1. The molecule has 1 aliphatic rings. The van der Waals surface area contributed by atoms with Gasteiger partial charge in [0, 0.05) is 12.6 Å². The number of sulfonamides is 1. The minimum Gasteiger partial charge on any atom is -0.302 e. The van der Waals surface area contributed by atoms with Crippen molar-refractivity contribution in [1.82, 2.24) is 9.62 Å². The van der Waals surface area contributed by atoms with E-state index >= 15 is 0 Å². The number of nitrogens with zero attached hydrogens (tertiary/aromatic N) is 1. The monoisotopic (exact) mass is 248 g/mol. The van der Waals surface area contributed by atoms with Gasteiger partial charge in [-0.25, -0.2) is 13.1 Å². The van der Waals surface area contributed by atoms with Crippen molar-refractivity contribution >= 4 is 10.0 Å². The standard InChI is InChI=1S/C11H24N2O2S/c1-10(2)6-8-13-7-4-5-11(9-13)12-16(3,14)15/h10-12H,4-9H2,1-3H3. The summed E-state index contributed by atoms with van der Waals surface area (Å²) in [6.45, 7) is 7.49. The van der Waals surface area contributed by atoms with E-state index < -0.39 is 10.0 Å². The van der Waals surface area contributed by atoms with E-state index in [1.165, 1.54) is 12.7 Å². The van der Waals surface area contributed by atoms with Crippen LogP contribution in [0.2, 0.25) is 0 Å². The molecule has 0 aromatic heterocycles. The molecular weight excluding hydrogens is 224 g/mol. The van der Waals surface area contributed by atoms with Crippen molar-refractivity contribution in [3.05, 3.63) is 0 Å². The second kappa shape index (κ2) is 5.98. The van der Waals surface area contributed by atoms with Crippen molar-refractivity contribution in [3.8, 4) is 0 Å². The van der Waals surface area contributed by atoms with E-state index in [0.717, 1.165) is 32.5 Å². The molecule has 4 nitrogen and oxygen atoms in total. The minimum absolute atomic E-state index is 0.107. The summed E-state index contributed by atoms with van der Waals surface area (Å²) in [6, 6.07) is 0.107. The van der Waals surface area contributed by atoms with Crippen LogP contribution in [0.5, 0.6) is 0 Å². The van der Waals surface area contributed by atoms with Gasteiger partial charge in [0.15, 0.2) is 0 Å². The number of rotatable bonds is 5. The Labute approximate surface area is 99.5 Å². The lowest BCUT2D eigenvalue weighted by atomic mass is 10.0. The molecule has 1 heterocycles. The molecule has 0 aliphatic carbocycles. The Hall–Kier alpha value is -0.130. The molecule has 1 N–H and O–H groups in total. The van der Waals surface area contributed by atoms with Crippen LogP contribution in [0.4, 0.5) is 0 Å². The van der Waals surface area contributed by atoms with Crippen molar-refractivity contribution < 1.29 is 8.42 Å². The highest BCUT2D eigenvalue weighted by atomic mass is 32.2. The normalized spacial score (nSPS) is 23.9. The average molecular weight is 248 g/mol. The zero-order valence-electron chi connectivity index (χ0n) is 10.6. The molecule has 5 heteroatoms. The Morgan fingerprint density at radius 1 is 1.44 bits per heavy atom. The predicted molar refractivity (Wildman–Crippen MR) is 66.9 cm³/mol. The third kappa shape index (κ3) is 5.82. The zero-order valence-corrected chi connectivity index (χ0v) is 11.4. The van der Waals surface area contributed by atoms with Gasteiger partial charge in [-0.1, -0.05) is 13.8 Å². The van der Waals surface area contributed by atoms with E-state index in [1.54, 1.807) is 0 Å². The fraction of sp³-hybridized carbons (Fsp3) is 1.00. The van der Waals surface area contributed by atoms with Crippen molar-refractivity contribution in [2.75, 3.05) is 25.9 Å². The first-order valence-corrected chi connectivity index (χ1v) is 7.95. The van der Waals surface area contributed by atoms with Gasteiger partial charge in [0.25, 0.3) is 0 Å². The van der Waals surface area contributed by atoms with E-state index in [9.17, 15) is 8.42 Å². The summed E-state index contributed by atoms with van der Waals surface area (Å²) in [5.41, 5.74) is 0. The van der Waals surface area contributed by atoms with Crippen molar-refractivity contribution in [2.45, 2.75) is 39.2 Å². The second-order valence-electron chi connectivity index (χ2n) is 5.21. The van der Waals surface area contributed by atoms with Gasteiger partial charge in [-0.2, -0.15) is 0 Å². The van der Waals surface area contributed by atoms with E-state index in [0.29, 0.717) is 5.92 Å². The lowest BCUT2D eigenvalue weighted by Gasteiger charge is -2.33. The Balaban J connectivity index is 2.35. The fourth-order valence-corrected chi connectivity index (χ4v) is 2.90. The van der Waals surface area contributed by atoms with Crippen LogP contribution in [0.1, 0.15) is 33.1 Å². The maximum Gasteiger partial charge on any atom is 0.208 e. The summed E-state index contributed by atoms with van der Waals surface area (Å²) >= 11 is 0. The third-order valence-electron chi connectivity index (χ3n) is 2.91. The molecule has 0 amide bonds. The molecule has 0 spiro atoms. The molecule has 1 saturated heterocycles. The minimum atomic E-state index is -3.06. The second-order valence-corrected chi connectivity index (χ2v) is 6.99. The fourth-order valence-electron chi connectivity index (χ4n) is 2.10. The topological polar surface area (TPSA) is 49.4 Å². The summed E-state index contributed by atoms with van der Waals surface area (Å²) in [4.78, 5) is 2.37. The maximum absolute atomic E-state index is 11.1. The summed E-state index contributed by atoms with van der Waals surface area (Å²) in [6.07, 6.45) is 4.47. The SMILES string of the molecule is CC(C)CCN1CCCC(NS(C)(=O)=O)C1. The molecule has 0 aromatic carbocycles. The van der Waals surface area contributed by atoms with E-state index in [-0.39, 0.29) is 6.04 Å². The van der Waals surface area contributed by atoms with Crippen molar-refractivity contribution in [1.29, 1.82) is 0 Å². The third-order valence-corrected chi connectivity index (χ3v) is 3.67. The van der Waals surface area contributed by atoms with Gasteiger partial charge in [0.05, 0.1) is 6.26 Å². The van der Waals surface area contributed by atoms with E-state index in [2.05, 4.69) is 23.5 Å². The van der Waals surface area contributed by atoms with Gasteiger partial charge in [-0.15, -0.1) is 0 Å². The molecule has 1 rings (SSSR count). The number of nitrogens with one attached hydrogen (secondary N) is 1. The van der Waals surface area contributed by atoms with Crippen LogP contribution in [0, 0.1) is 5.92 Å². The molecule has 1 fully saturated rings. The van der Waals surface area contributed by atoms with Gasteiger partial charge in [0.1, 0.15) is 0 Å². The van der Waals surface area contributed by atoms with Crippen LogP contribution in [-0.4, -0.2) is 45.2 Å². The van der Waals surface area contributed by atoms with Gasteiger partial charge in [-0.3, -0.25) is 0 Å². The van der Waals surface area contributed by atoms with Crippen molar-refractivity contribution in [3.63, 3.8) is 0 Å². The number of hydrogen-bond acceptors (Lipinski definition) is 3. The first-order chi connectivity index (χ1) is 7.37. The Morgan fingerprint density at radius 2 is 2.12 bits per heavy atom. The summed E-state index contributed by atoms with van der Waals surface area (Å²) in [5, 5.41) is 0. The highest BCUT2D eigenvalue weighted by molar-refractivity contribution is 7.88. The number of hydrogen-bond donors (Lipinski definition) is 1. The molecule has 0 bridgehead atoms. The van der Waals surface area contributed by atoms with Crippen LogP contribution < -0.4 is 4.72 Å². The highest BCUT2D eigenvalue weighted by Crippen LogP contribution is 2.12. The molecule has 0 aromatic rings. The average Bonchev–Trinajstić information content (AvgIpc) is 2.12. The summed E-state index contributed by atoms with van der Waals surface area (Å²) in [7, 11) is -3.06. The largest absolute Gasteiger partial charge is 0.302 e. The molecule has 0 saturated carbocycles. The molecule has 1 aliphatic heterocycles. The number of piperidine rings is 1. The van der Waals surface area contributed by atoms with E-state index in [1.807, 2.05) is 0 Å². The van der Waals surface area contributed by atoms with Gasteiger partial charge in [0.2, 0.25) is 10.0 Å². The summed E-state index contributed by atoms with van der Waals surface area (Å²) in [5.74, 6) is 0.711. The molecule has 96 valence electrons. The zero-order chi connectivity index (χ0) is 12.2. The molecule has 16 heavy (non-hydrogen) atoms. The van der Waals surface area contributed by atoms with Crippen LogP contribution >= 0.6 is 0 Å². The van der Waals surface area contributed by atoms with Gasteiger partial charge >= 0.3 is 0 Å². The summed E-state index contributed by atoms with van der Waals surface area (Å²) < 4.78 is 25.0. The van der Waals surface area contributed by atoms with Crippen LogP contribution in [-0.2, 0) is 10.0 Å². The Morgan fingerprint density at radius 3 is 2.69 bits per heavy atom. The van der Waals surface area contributed by atoms with Crippen molar-refractivity contribution in [2.24, 2.45) is 5.92 Å².